The SMILES string of the molecule is CNC(c1ccc(F)c(Br)c1)c1cc2cccc(C)c2o1. The van der Waals surface area contributed by atoms with Gasteiger partial charge in [0, 0.05) is 5.39 Å². The van der Waals surface area contributed by atoms with Crippen LogP contribution in [-0.2, 0) is 0 Å². The molecule has 1 heterocycles. The van der Waals surface area contributed by atoms with Gasteiger partial charge in [-0.3, -0.25) is 0 Å². The molecule has 1 unspecified atom stereocenters. The van der Waals surface area contributed by atoms with E-state index in [2.05, 4.69) is 21.2 Å². The summed E-state index contributed by atoms with van der Waals surface area (Å²) in [5.74, 6) is 0.550. The van der Waals surface area contributed by atoms with Gasteiger partial charge in [-0.05, 0) is 59.2 Å². The Labute approximate surface area is 131 Å². The van der Waals surface area contributed by atoms with Crippen LogP contribution >= 0.6 is 15.9 Å². The summed E-state index contributed by atoms with van der Waals surface area (Å²) in [5, 5.41) is 4.30. The van der Waals surface area contributed by atoms with Crippen LogP contribution in [-0.4, -0.2) is 7.05 Å². The summed E-state index contributed by atoms with van der Waals surface area (Å²) in [5.41, 5.74) is 2.95. The number of hydrogen-bond acceptors (Lipinski definition) is 2. The number of fused-ring (bicyclic) bond motifs is 1. The lowest BCUT2D eigenvalue weighted by atomic mass is 10.0. The molecular weight excluding hydrogens is 333 g/mol. The number of halogens is 2. The third kappa shape index (κ3) is 2.61. The van der Waals surface area contributed by atoms with Crippen LogP contribution in [0.1, 0.15) is 22.9 Å². The first-order valence-corrected chi connectivity index (χ1v) is 7.50. The second-order valence-corrected chi connectivity index (χ2v) is 5.89. The van der Waals surface area contributed by atoms with E-state index >= 15 is 0 Å². The molecule has 2 nitrogen and oxygen atoms in total. The van der Waals surface area contributed by atoms with E-state index in [0.29, 0.717) is 4.47 Å². The summed E-state index contributed by atoms with van der Waals surface area (Å²) in [6, 6.07) is 13.0. The molecule has 0 radical (unpaired) electrons. The summed E-state index contributed by atoms with van der Waals surface area (Å²) < 4.78 is 19.9. The molecular formula is C17H15BrFNO. The number of hydrogen-bond donors (Lipinski definition) is 1. The fourth-order valence-corrected chi connectivity index (χ4v) is 2.93. The Bertz CT molecular complexity index is 797. The summed E-state index contributed by atoms with van der Waals surface area (Å²) >= 11 is 3.23. The lowest BCUT2D eigenvalue weighted by Gasteiger charge is -2.14. The van der Waals surface area contributed by atoms with Crippen LogP contribution in [0.2, 0.25) is 0 Å². The molecule has 0 aliphatic rings. The van der Waals surface area contributed by atoms with E-state index in [1.807, 2.05) is 38.2 Å². The highest BCUT2D eigenvalue weighted by Crippen LogP contribution is 2.31. The average Bonchev–Trinajstić information content (AvgIpc) is 2.89. The molecule has 0 aliphatic carbocycles. The molecule has 0 bridgehead atoms. The largest absolute Gasteiger partial charge is 0.459 e. The fourth-order valence-electron chi connectivity index (χ4n) is 2.54. The van der Waals surface area contributed by atoms with E-state index in [1.54, 1.807) is 12.1 Å². The Morgan fingerprint density at radius 1 is 1.19 bits per heavy atom. The van der Waals surface area contributed by atoms with E-state index in [9.17, 15) is 4.39 Å². The first-order chi connectivity index (χ1) is 10.1. The zero-order valence-electron chi connectivity index (χ0n) is 11.8. The van der Waals surface area contributed by atoms with E-state index in [1.165, 1.54) is 6.07 Å². The van der Waals surface area contributed by atoms with E-state index < -0.39 is 0 Å². The smallest absolute Gasteiger partial charge is 0.137 e. The molecule has 0 fully saturated rings. The normalized spacial score (nSPS) is 12.8. The predicted octanol–water partition coefficient (Wildman–Crippen LogP) is 4.95. The van der Waals surface area contributed by atoms with Crippen LogP contribution in [0, 0.1) is 12.7 Å². The molecule has 0 saturated heterocycles. The monoisotopic (exact) mass is 347 g/mol. The molecule has 0 saturated carbocycles. The van der Waals surface area contributed by atoms with Gasteiger partial charge in [0.25, 0.3) is 0 Å². The van der Waals surface area contributed by atoms with Crippen molar-refractivity contribution in [3.63, 3.8) is 0 Å². The number of para-hydroxylation sites is 1. The first-order valence-electron chi connectivity index (χ1n) is 6.71. The second kappa shape index (κ2) is 5.62. The van der Waals surface area contributed by atoms with Crippen LogP contribution in [0.3, 0.4) is 0 Å². The van der Waals surface area contributed by atoms with Gasteiger partial charge in [0.15, 0.2) is 0 Å². The standard InChI is InChI=1S/C17H15BrFNO/c1-10-4-3-5-12-9-15(21-17(10)12)16(20-2)11-6-7-14(19)13(18)8-11/h3-9,16,20H,1-2H3. The van der Waals surface area contributed by atoms with Crippen LogP contribution < -0.4 is 5.32 Å². The lowest BCUT2D eigenvalue weighted by Crippen LogP contribution is -2.17. The topological polar surface area (TPSA) is 25.2 Å². The molecule has 4 heteroatoms. The number of benzene rings is 2. The Balaban J connectivity index is 2.09. The van der Waals surface area contributed by atoms with Gasteiger partial charge in [0.1, 0.15) is 17.2 Å². The van der Waals surface area contributed by atoms with Crippen molar-refractivity contribution in [2.75, 3.05) is 7.05 Å². The first kappa shape index (κ1) is 14.3. The van der Waals surface area contributed by atoms with Gasteiger partial charge in [-0.15, -0.1) is 0 Å². The van der Waals surface area contributed by atoms with E-state index in [0.717, 1.165) is 27.9 Å². The van der Waals surface area contributed by atoms with Crippen molar-refractivity contribution < 1.29 is 8.81 Å². The van der Waals surface area contributed by atoms with Crippen LogP contribution in [0.15, 0.2) is 51.4 Å². The molecule has 0 aliphatic heterocycles. The number of aryl methyl sites for hydroxylation is 1. The highest BCUT2D eigenvalue weighted by molar-refractivity contribution is 9.10. The predicted molar refractivity (Wildman–Crippen MR) is 86.0 cm³/mol. The third-order valence-electron chi connectivity index (χ3n) is 3.61. The van der Waals surface area contributed by atoms with Gasteiger partial charge in [0.05, 0.1) is 10.5 Å². The highest BCUT2D eigenvalue weighted by Gasteiger charge is 2.18. The van der Waals surface area contributed by atoms with Crippen LogP contribution in [0.25, 0.3) is 11.0 Å². The van der Waals surface area contributed by atoms with Gasteiger partial charge < -0.3 is 9.73 Å². The van der Waals surface area contributed by atoms with Gasteiger partial charge >= 0.3 is 0 Å². The Morgan fingerprint density at radius 2 is 2.00 bits per heavy atom. The summed E-state index contributed by atoms with van der Waals surface area (Å²) in [7, 11) is 1.86. The Morgan fingerprint density at radius 3 is 2.67 bits per heavy atom. The van der Waals surface area contributed by atoms with Gasteiger partial charge in [-0.1, -0.05) is 24.3 Å². The molecule has 108 valence electrons. The molecule has 1 N–H and O–H groups in total. The maximum atomic E-state index is 13.4. The fraction of sp³-hybridized carbons (Fsp3) is 0.176. The van der Waals surface area contributed by atoms with Crippen molar-refractivity contribution in [1.29, 1.82) is 0 Å². The molecule has 2 aromatic carbocycles. The molecule has 0 spiro atoms. The van der Waals surface area contributed by atoms with Crippen molar-refractivity contribution in [2.24, 2.45) is 0 Å². The van der Waals surface area contributed by atoms with Crippen LogP contribution in [0.4, 0.5) is 4.39 Å². The average molecular weight is 348 g/mol. The minimum absolute atomic E-state index is 0.117. The Hall–Kier alpha value is -1.65. The molecule has 1 atom stereocenters. The number of furan rings is 1. The number of nitrogens with one attached hydrogen (secondary N) is 1. The van der Waals surface area contributed by atoms with Crippen molar-refractivity contribution in [2.45, 2.75) is 13.0 Å². The molecule has 1 aromatic heterocycles. The minimum Gasteiger partial charge on any atom is -0.459 e. The number of rotatable bonds is 3. The van der Waals surface area contributed by atoms with Crippen molar-refractivity contribution >= 4 is 26.9 Å². The van der Waals surface area contributed by atoms with Gasteiger partial charge in [0.2, 0.25) is 0 Å². The highest BCUT2D eigenvalue weighted by atomic mass is 79.9. The van der Waals surface area contributed by atoms with E-state index in [-0.39, 0.29) is 11.9 Å². The van der Waals surface area contributed by atoms with Gasteiger partial charge in [-0.25, -0.2) is 4.39 Å². The zero-order chi connectivity index (χ0) is 15.0. The minimum atomic E-state index is -0.269. The summed E-state index contributed by atoms with van der Waals surface area (Å²) in [6.07, 6.45) is 0. The Kier molecular flexibility index (Phi) is 3.83. The lowest BCUT2D eigenvalue weighted by molar-refractivity contribution is 0.489. The molecule has 3 aromatic rings. The van der Waals surface area contributed by atoms with Crippen LogP contribution in [0.5, 0.6) is 0 Å². The van der Waals surface area contributed by atoms with Crippen molar-refractivity contribution in [1.82, 2.24) is 5.32 Å². The van der Waals surface area contributed by atoms with E-state index in [4.69, 9.17) is 4.42 Å². The second-order valence-electron chi connectivity index (χ2n) is 5.04. The maximum Gasteiger partial charge on any atom is 0.137 e. The van der Waals surface area contributed by atoms with Gasteiger partial charge in [-0.2, -0.15) is 0 Å². The van der Waals surface area contributed by atoms with Crippen molar-refractivity contribution in [3.05, 3.63) is 69.6 Å². The summed E-state index contributed by atoms with van der Waals surface area (Å²) in [6.45, 7) is 2.03. The third-order valence-corrected chi connectivity index (χ3v) is 4.22. The summed E-state index contributed by atoms with van der Waals surface area (Å²) in [4.78, 5) is 0. The van der Waals surface area contributed by atoms with Crippen molar-refractivity contribution in [3.8, 4) is 0 Å². The molecule has 3 rings (SSSR count). The maximum absolute atomic E-state index is 13.4. The molecule has 21 heavy (non-hydrogen) atoms. The molecule has 0 amide bonds. The zero-order valence-corrected chi connectivity index (χ0v) is 13.4. The quantitative estimate of drug-likeness (QED) is 0.724.